The summed E-state index contributed by atoms with van der Waals surface area (Å²) in [5, 5.41) is 11.4. The second kappa shape index (κ2) is 5.62. The SMILES string of the molecule is Cc1ccc(-c2[nH]ncc2CN2CC(c3noc(C)n3)C2)cc1. The van der Waals surface area contributed by atoms with Crippen LogP contribution >= 0.6 is 0 Å². The highest BCUT2D eigenvalue weighted by atomic mass is 16.5. The zero-order chi connectivity index (χ0) is 15.8. The summed E-state index contributed by atoms with van der Waals surface area (Å²) in [6.07, 6.45) is 1.92. The second-order valence-corrected chi connectivity index (χ2v) is 6.20. The molecule has 3 aromatic rings. The third-order valence-electron chi connectivity index (χ3n) is 4.32. The molecule has 3 heterocycles. The van der Waals surface area contributed by atoms with E-state index in [9.17, 15) is 0 Å². The molecule has 1 aromatic carbocycles. The van der Waals surface area contributed by atoms with Crippen LogP contribution in [0, 0.1) is 13.8 Å². The molecule has 4 rings (SSSR count). The van der Waals surface area contributed by atoms with Gasteiger partial charge in [0, 0.05) is 38.0 Å². The number of aromatic amines is 1. The van der Waals surface area contributed by atoms with Crippen molar-refractivity contribution in [2.24, 2.45) is 0 Å². The van der Waals surface area contributed by atoms with Crippen molar-refractivity contribution in [2.75, 3.05) is 13.1 Å². The molecule has 0 unspecified atom stereocenters. The van der Waals surface area contributed by atoms with Crippen LogP contribution in [-0.2, 0) is 6.54 Å². The molecule has 1 saturated heterocycles. The molecule has 6 heteroatoms. The minimum absolute atomic E-state index is 0.377. The Morgan fingerprint density at radius 3 is 2.70 bits per heavy atom. The van der Waals surface area contributed by atoms with Gasteiger partial charge in [-0.25, -0.2) is 0 Å². The van der Waals surface area contributed by atoms with Gasteiger partial charge in [-0.2, -0.15) is 10.1 Å². The Morgan fingerprint density at radius 2 is 2.00 bits per heavy atom. The molecule has 118 valence electrons. The number of H-pyrrole nitrogens is 1. The number of rotatable bonds is 4. The second-order valence-electron chi connectivity index (χ2n) is 6.20. The van der Waals surface area contributed by atoms with Crippen molar-refractivity contribution in [3.8, 4) is 11.3 Å². The molecule has 6 nitrogen and oxygen atoms in total. The van der Waals surface area contributed by atoms with Crippen LogP contribution in [0.4, 0.5) is 0 Å². The van der Waals surface area contributed by atoms with Gasteiger partial charge in [-0.15, -0.1) is 0 Å². The van der Waals surface area contributed by atoms with Crippen LogP contribution in [0.15, 0.2) is 35.0 Å². The van der Waals surface area contributed by atoms with Crippen molar-refractivity contribution in [2.45, 2.75) is 26.3 Å². The molecule has 0 amide bonds. The molecule has 0 saturated carbocycles. The van der Waals surface area contributed by atoms with Crippen LogP contribution in [0.25, 0.3) is 11.3 Å². The summed E-state index contributed by atoms with van der Waals surface area (Å²) in [4.78, 5) is 6.69. The van der Waals surface area contributed by atoms with E-state index in [1.807, 2.05) is 13.1 Å². The maximum Gasteiger partial charge on any atom is 0.223 e. The molecular formula is C17H19N5O. The van der Waals surface area contributed by atoms with Gasteiger partial charge in [0.05, 0.1) is 11.9 Å². The standard InChI is InChI=1S/C17H19N5O/c1-11-3-5-13(6-4-11)16-14(7-18-20-16)8-22-9-15(10-22)17-19-12(2)23-21-17/h3-7,15H,8-10H2,1-2H3,(H,18,20). The van der Waals surface area contributed by atoms with E-state index in [4.69, 9.17) is 4.52 Å². The Balaban J connectivity index is 1.43. The van der Waals surface area contributed by atoms with Gasteiger partial charge in [-0.05, 0) is 12.5 Å². The Labute approximate surface area is 134 Å². The number of hydrogen-bond donors (Lipinski definition) is 1. The summed E-state index contributed by atoms with van der Waals surface area (Å²) < 4.78 is 5.05. The fourth-order valence-corrected chi connectivity index (χ4v) is 2.99. The van der Waals surface area contributed by atoms with Gasteiger partial charge < -0.3 is 4.52 Å². The average molecular weight is 309 g/mol. The van der Waals surface area contributed by atoms with Crippen LogP contribution in [0.3, 0.4) is 0 Å². The summed E-state index contributed by atoms with van der Waals surface area (Å²) in [5.74, 6) is 1.84. The third-order valence-corrected chi connectivity index (χ3v) is 4.32. The number of benzene rings is 1. The van der Waals surface area contributed by atoms with E-state index in [2.05, 4.69) is 56.4 Å². The first-order valence-electron chi connectivity index (χ1n) is 7.81. The van der Waals surface area contributed by atoms with Crippen molar-refractivity contribution in [1.82, 2.24) is 25.2 Å². The smallest absolute Gasteiger partial charge is 0.223 e. The van der Waals surface area contributed by atoms with E-state index in [-0.39, 0.29) is 0 Å². The number of hydrogen-bond acceptors (Lipinski definition) is 5. The van der Waals surface area contributed by atoms with Crippen molar-refractivity contribution in [3.05, 3.63) is 53.3 Å². The molecule has 1 N–H and O–H groups in total. The third kappa shape index (κ3) is 2.77. The maximum absolute atomic E-state index is 5.05. The Hall–Kier alpha value is -2.47. The average Bonchev–Trinajstić information content (AvgIpc) is 3.12. The van der Waals surface area contributed by atoms with Crippen LogP contribution in [-0.4, -0.2) is 38.3 Å². The molecule has 0 radical (unpaired) electrons. The van der Waals surface area contributed by atoms with E-state index < -0.39 is 0 Å². The van der Waals surface area contributed by atoms with Crippen molar-refractivity contribution in [3.63, 3.8) is 0 Å². The van der Waals surface area contributed by atoms with Crippen molar-refractivity contribution < 1.29 is 4.52 Å². The highest BCUT2D eigenvalue weighted by Crippen LogP contribution is 2.29. The van der Waals surface area contributed by atoms with E-state index in [1.165, 1.54) is 16.7 Å². The monoisotopic (exact) mass is 309 g/mol. The maximum atomic E-state index is 5.05. The summed E-state index contributed by atoms with van der Waals surface area (Å²) in [7, 11) is 0. The largest absolute Gasteiger partial charge is 0.340 e. The van der Waals surface area contributed by atoms with E-state index in [0.29, 0.717) is 11.8 Å². The molecule has 2 aromatic heterocycles. The molecule has 0 bridgehead atoms. The van der Waals surface area contributed by atoms with Gasteiger partial charge in [-0.3, -0.25) is 10.00 Å². The predicted octanol–water partition coefficient (Wildman–Crippen LogP) is 2.68. The Bertz CT molecular complexity index is 799. The zero-order valence-corrected chi connectivity index (χ0v) is 13.3. The van der Waals surface area contributed by atoms with Gasteiger partial charge in [0.15, 0.2) is 5.82 Å². The number of nitrogens with one attached hydrogen (secondary N) is 1. The lowest BCUT2D eigenvalue weighted by molar-refractivity contribution is 0.133. The minimum atomic E-state index is 0.377. The Kier molecular flexibility index (Phi) is 3.46. The number of likely N-dealkylation sites (tertiary alicyclic amines) is 1. The van der Waals surface area contributed by atoms with E-state index in [0.717, 1.165) is 31.2 Å². The summed E-state index contributed by atoms with van der Waals surface area (Å²) in [6, 6.07) is 8.51. The van der Waals surface area contributed by atoms with Crippen molar-refractivity contribution >= 4 is 0 Å². The van der Waals surface area contributed by atoms with Gasteiger partial charge >= 0.3 is 0 Å². The fraction of sp³-hybridized carbons (Fsp3) is 0.353. The lowest BCUT2D eigenvalue weighted by atomic mass is 9.98. The first-order chi connectivity index (χ1) is 11.2. The molecular weight excluding hydrogens is 290 g/mol. The minimum Gasteiger partial charge on any atom is -0.340 e. The molecule has 0 atom stereocenters. The molecule has 0 spiro atoms. The zero-order valence-electron chi connectivity index (χ0n) is 13.3. The summed E-state index contributed by atoms with van der Waals surface area (Å²) >= 11 is 0. The Morgan fingerprint density at radius 1 is 1.22 bits per heavy atom. The van der Waals surface area contributed by atoms with Crippen LogP contribution in [0.2, 0.25) is 0 Å². The van der Waals surface area contributed by atoms with E-state index >= 15 is 0 Å². The first kappa shape index (κ1) is 14.1. The quantitative estimate of drug-likeness (QED) is 0.802. The lowest BCUT2D eigenvalue weighted by Gasteiger charge is -2.37. The van der Waals surface area contributed by atoms with Crippen molar-refractivity contribution in [1.29, 1.82) is 0 Å². The first-order valence-corrected chi connectivity index (χ1v) is 7.81. The normalized spacial score (nSPS) is 15.7. The highest BCUT2D eigenvalue weighted by molar-refractivity contribution is 5.62. The highest BCUT2D eigenvalue weighted by Gasteiger charge is 2.32. The van der Waals surface area contributed by atoms with Crippen LogP contribution < -0.4 is 0 Å². The number of nitrogens with zero attached hydrogens (tertiary/aromatic N) is 4. The van der Waals surface area contributed by atoms with Gasteiger partial charge in [0.1, 0.15) is 0 Å². The fourth-order valence-electron chi connectivity index (χ4n) is 2.99. The van der Waals surface area contributed by atoms with Crippen LogP contribution in [0.5, 0.6) is 0 Å². The van der Waals surface area contributed by atoms with E-state index in [1.54, 1.807) is 0 Å². The summed E-state index contributed by atoms with van der Waals surface area (Å²) in [6.45, 7) is 6.71. The van der Waals surface area contributed by atoms with Crippen LogP contribution in [0.1, 0.15) is 28.8 Å². The van der Waals surface area contributed by atoms with Gasteiger partial charge in [-0.1, -0.05) is 35.0 Å². The molecule has 0 aliphatic carbocycles. The predicted molar refractivity (Wildman–Crippen MR) is 85.8 cm³/mol. The topological polar surface area (TPSA) is 70.8 Å². The molecule has 1 aliphatic heterocycles. The molecule has 23 heavy (non-hydrogen) atoms. The molecule has 1 fully saturated rings. The summed E-state index contributed by atoms with van der Waals surface area (Å²) in [5.41, 5.74) is 4.75. The number of aryl methyl sites for hydroxylation is 2. The molecule has 1 aliphatic rings. The lowest BCUT2D eigenvalue weighted by Crippen LogP contribution is -2.44. The van der Waals surface area contributed by atoms with Gasteiger partial charge in [0.25, 0.3) is 0 Å². The number of aromatic nitrogens is 4. The van der Waals surface area contributed by atoms with Gasteiger partial charge in [0.2, 0.25) is 5.89 Å².